The molecule has 1 aromatic heterocycles. The summed E-state index contributed by atoms with van der Waals surface area (Å²) in [6, 6.07) is 9.14. The lowest BCUT2D eigenvalue weighted by atomic mass is 9.99. The van der Waals surface area contributed by atoms with Crippen LogP contribution in [0.1, 0.15) is 24.1 Å². The lowest BCUT2D eigenvalue weighted by Crippen LogP contribution is -2.33. The fourth-order valence-corrected chi connectivity index (χ4v) is 3.10. The summed E-state index contributed by atoms with van der Waals surface area (Å²) in [4.78, 5) is 20.3. The first-order valence-electron chi connectivity index (χ1n) is 8.43. The van der Waals surface area contributed by atoms with Crippen LogP contribution in [0, 0.1) is 0 Å². The highest BCUT2D eigenvalue weighted by atomic mass is 16.5. The van der Waals surface area contributed by atoms with Crippen molar-refractivity contribution in [2.75, 3.05) is 19.5 Å². The molecule has 0 fully saturated rings. The highest BCUT2D eigenvalue weighted by Gasteiger charge is 2.30. The molecule has 7 heteroatoms. The van der Waals surface area contributed by atoms with Crippen LogP contribution in [0.5, 0.6) is 0 Å². The Kier molecular flexibility index (Phi) is 5.40. The van der Waals surface area contributed by atoms with E-state index in [1.165, 1.54) is 14.2 Å². The predicted octanol–water partition coefficient (Wildman–Crippen LogP) is 1.79. The fourth-order valence-electron chi connectivity index (χ4n) is 3.10. The zero-order chi connectivity index (χ0) is 19.4. The number of hydrogen-bond acceptors (Lipinski definition) is 7. The van der Waals surface area contributed by atoms with E-state index in [9.17, 15) is 9.90 Å². The van der Waals surface area contributed by atoms with E-state index in [1.54, 1.807) is 36.7 Å². The number of hydrogen-bond donors (Lipinski definition) is 1. The third-order valence-corrected chi connectivity index (χ3v) is 4.31. The summed E-state index contributed by atoms with van der Waals surface area (Å²) in [6.07, 6.45) is 3.33. The van der Waals surface area contributed by atoms with Gasteiger partial charge in [-0.15, -0.1) is 0 Å². The monoisotopic (exact) mass is 366 g/mol. The van der Waals surface area contributed by atoms with Gasteiger partial charge in [0.05, 0.1) is 26.2 Å². The van der Waals surface area contributed by atoms with Crippen molar-refractivity contribution in [2.45, 2.75) is 19.0 Å². The van der Waals surface area contributed by atoms with Gasteiger partial charge < -0.3 is 24.7 Å². The van der Waals surface area contributed by atoms with E-state index >= 15 is 0 Å². The number of nitrogens with one attached hydrogen (secondary N) is 1. The van der Waals surface area contributed by atoms with Crippen LogP contribution >= 0.6 is 0 Å². The molecule has 2 atom stereocenters. The second-order valence-corrected chi connectivity index (χ2v) is 5.99. The quantitative estimate of drug-likeness (QED) is 0.837. The minimum absolute atomic E-state index is 0.358. The van der Waals surface area contributed by atoms with Crippen LogP contribution in [0.4, 0.5) is 5.69 Å². The maximum Gasteiger partial charge on any atom is 0.184 e. The first-order chi connectivity index (χ1) is 13.1. The SMILES string of the molecule is COC1=C(OC)c2ccccc2[C@@H](C(=O)[O-])N=C1[C@H](C)Nc1ccncc1. The molecule has 0 aliphatic carbocycles. The van der Waals surface area contributed by atoms with Gasteiger partial charge in [0.15, 0.2) is 11.5 Å². The van der Waals surface area contributed by atoms with Gasteiger partial charge in [-0.1, -0.05) is 24.3 Å². The number of aliphatic imine (C=N–C) groups is 1. The summed E-state index contributed by atoms with van der Waals surface area (Å²) in [6.45, 7) is 1.87. The molecule has 0 saturated carbocycles. The number of nitrogens with zero attached hydrogens (tertiary/aromatic N) is 2. The van der Waals surface area contributed by atoms with Crippen LogP contribution in [0.3, 0.4) is 0 Å². The van der Waals surface area contributed by atoms with E-state index < -0.39 is 12.0 Å². The fraction of sp³-hybridized carbons (Fsp3) is 0.250. The van der Waals surface area contributed by atoms with Gasteiger partial charge in [0.1, 0.15) is 11.8 Å². The molecule has 0 unspecified atom stereocenters. The number of fused-ring (bicyclic) bond motifs is 1. The number of methoxy groups -OCH3 is 2. The normalized spacial score (nSPS) is 17.3. The van der Waals surface area contributed by atoms with Gasteiger partial charge in [-0.25, -0.2) is 0 Å². The van der Waals surface area contributed by atoms with Crippen LogP contribution < -0.4 is 10.4 Å². The average molecular weight is 366 g/mol. The molecule has 2 aromatic rings. The van der Waals surface area contributed by atoms with Gasteiger partial charge >= 0.3 is 0 Å². The molecule has 1 N–H and O–H groups in total. The number of aliphatic carboxylic acids is 1. The molecule has 1 aliphatic heterocycles. The van der Waals surface area contributed by atoms with Crippen molar-refractivity contribution < 1.29 is 19.4 Å². The summed E-state index contributed by atoms with van der Waals surface area (Å²) < 4.78 is 11.2. The van der Waals surface area contributed by atoms with E-state index in [2.05, 4.69) is 15.3 Å². The van der Waals surface area contributed by atoms with Gasteiger partial charge in [0.25, 0.3) is 0 Å². The summed E-state index contributed by atoms with van der Waals surface area (Å²) in [7, 11) is 3.02. The Morgan fingerprint density at radius 3 is 2.41 bits per heavy atom. The Labute approximate surface area is 157 Å². The van der Waals surface area contributed by atoms with Crippen LogP contribution in [0.2, 0.25) is 0 Å². The van der Waals surface area contributed by atoms with Gasteiger partial charge in [0, 0.05) is 23.6 Å². The van der Waals surface area contributed by atoms with Crippen molar-refractivity contribution in [3.8, 4) is 0 Å². The number of aromatic nitrogens is 1. The predicted molar refractivity (Wildman–Crippen MR) is 99.9 cm³/mol. The number of carboxylic acids is 1. The molecule has 0 radical (unpaired) electrons. The smallest absolute Gasteiger partial charge is 0.184 e. The molecule has 7 nitrogen and oxygen atoms in total. The van der Waals surface area contributed by atoms with Crippen molar-refractivity contribution in [1.82, 2.24) is 4.98 Å². The van der Waals surface area contributed by atoms with E-state index in [1.807, 2.05) is 19.1 Å². The molecular formula is C20H20N3O4-. The molecule has 0 saturated heterocycles. The zero-order valence-electron chi connectivity index (χ0n) is 15.3. The molecular weight excluding hydrogens is 346 g/mol. The number of rotatable bonds is 6. The third-order valence-electron chi connectivity index (χ3n) is 4.31. The number of carboxylic acid groups (broad SMARTS) is 1. The first kappa shape index (κ1) is 18.4. The molecule has 2 heterocycles. The van der Waals surface area contributed by atoms with Crippen molar-refractivity contribution >= 4 is 23.1 Å². The Morgan fingerprint density at radius 2 is 1.78 bits per heavy atom. The van der Waals surface area contributed by atoms with Crippen LogP contribution in [0.25, 0.3) is 5.76 Å². The second kappa shape index (κ2) is 7.90. The van der Waals surface area contributed by atoms with E-state index in [-0.39, 0.29) is 6.04 Å². The number of carbonyl (C=O) groups is 1. The number of ether oxygens (including phenoxy) is 2. The molecule has 0 spiro atoms. The third kappa shape index (κ3) is 3.62. The number of carbonyl (C=O) groups excluding carboxylic acids is 1. The molecule has 3 rings (SSSR count). The van der Waals surface area contributed by atoms with Crippen LogP contribution in [-0.2, 0) is 14.3 Å². The minimum Gasteiger partial charge on any atom is -0.547 e. The van der Waals surface area contributed by atoms with Gasteiger partial charge in [-0.05, 0) is 24.6 Å². The largest absolute Gasteiger partial charge is 0.547 e. The maximum absolute atomic E-state index is 11.8. The molecule has 1 aliphatic rings. The number of benzene rings is 1. The maximum atomic E-state index is 11.8. The van der Waals surface area contributed by atoms with Gasteiger partial charge in [-0.2, -0.15) is 0 Å². The van der Waals surface area contributed by atoms with Crippen molar-refractivity contribution in [3.05, 3.63) is 65.7 Å². The summed E-state index contributed by atoms with van der Waals surface area (Å²) in [5.41, 5.74) is 2.36. The van der Waals surface area contributed by atoms with E-state index in [4.69, 9.17) is 9.47 Å². The van der Waals surface area contributed by atoms with Gasteiger partial charge in [-0.3, -0.25) is 9.98 Å². The highest BCUT2D eigenvalue weighted by Crippen LogP contribution is 2.34. The number of anilines is 1. The molecule has 0 amide bonds. The highest BCUT2D eigenvalue weighted by molar-refractivity contribution is 6.10. The Bertz CT molecular complexity index is 893. The molecule has 27 heavy (non-hydrogen) atoms. The minimum atomic E-state index is -1.29. The average Bonchev–Trinajstić information content (AvgIpc) is 2.82. The summed E-state index contributed by atoms with van der Waals surface area (Å²) in [5, 5.41) is 15.1. The zero-order valence-corrected chi connectivity index (χ0v) is 15.3. The Morgan fingerprint density at radius 1 is 1.11 bits per heavy atom. The number of pyridine rings is 1. The lowest BCUT2D eigenvalue weighted by Gasteiger charge is -2.21. The Balaban J connectivity index is 2.14. The van der Waals surface area contributed by atoms with Crippen molar-refractivity contribution in [1.29, 1.82) is 0 Å². The molecule has 0 bridgehead atoms. The van der Waals surface area contributed by atoms with Crippen molar-refractivity contribution in [2.24, 2.45) is 4.99 Å². The lowest BCUT2D eigenvalue weighted by molar-refractivity contribution is -0.307. The van der Waals surface area contributed by atoms with E-state index in [0.717, 1.165) is 5.69 Å². The topological polar surface area (TPSA) is 95.9 Å². The summed E-state index contributed by atoms with van der Waals surface area (Å²) >= 11 is 0. The van der Waals surface area contributed by atoms with E-state index in [0.29, 0.717) is 28.4 Å². The standard InChI is InChI=1S/C20H21N3O4/c1-12(22-13-8-10-21-11-9-13)16-19(27-3)18(26-2)15-7-5-4-6-14(15)17(23-16)20(24)25/h4-12,17H,1-3H3,(H,21,22)(H,24,25)/p-1/t12-,17-/m0/s1. The van der Waals surface area contributed by atoms with Crippen LogP contribution in [0.15, 0.2) is 59.5 Å². The summed E-state index contributed by atoms with van der Waals surface area (Å²) in [5.74, 6) is -0.481. The van der Waals surface area contributed by atoms with Crippen LogP contribution in [-0.4, -0.2) is 36.9 Å². The molecule has 140 valence electrons. The first-order valence-corrected chi connectivity index (χ1v) is 8.43. The Hall–Kier alpha value is -3.35. The molecule has 1 aromatic carbocycles. The van der Waals surface area contributed by atoms with Crippen molar-refractivity contribution in [3.63, 3.8) is 0 Å². The van der Waals surface area contributed by atoms with Gasteiger partial charge in [0.2, 0.25) is 0 Å². The second-order valence-electron chi connectivity index (χ2n) is 5.99.